The van der Waals surface area contributed by atoms with Crippen molar-refractivity contribution >= 4 is 82.5 Å². The first-order chi connectivity index (χ1) is 17.3. The van der Waals surface area contributed by atoms with Crippen molar-refractivity contribution in [3.63, 3.8) is 0 Å². The predicted molar refractivity (Wildman–Crippen MR) is 166 cm³/mol. The normalized spacial score (nSPS) is 23.4. The largest absolute Gasteiger partial charge is 0.461 e. The van der Waals surface area contributed by atoms with Gasteiger partial charge in [0.05, 0.1) is 9.16 Å². The summed E-state index contributed by atoms with van der Waals surface area (Å²) in [4.78, 5) is 23.2. The van der Waals surface area contributed by atoms with Gasteiger partial charge in [-0.1, -0.05) is 37.4 Å². The highest BCUT2D eigenvalue weighted by Crippen LogP contribution is 2.41. The first-order valence-electron chi connectivity index (χ1n) is 11.7. The number of thioether (sulfide) groups is 6. The quantitative estimate of drug-likeness (QED) is 0.169. The third kappa shape index (κ3) is 10.8. The second-order valence-corrected chi connectivity index (χ2v) is 16.8. The average Bonchev–Trinajstić information content (AvgIpc) is 3.50. The van der Waals surface area contributed by atoms with Crippen molar-refractivity contribution in [3.8, 4) is 0 Å². The van der Waals surface area contributed by atoms with Crippen molar-refractivity contribution in [2.24, 2.45) is 0 Å². The Balaban J connectivity index is 1.28. The minimum absolute atomic E-state index is 0.289. The van der Waals surface area contributed by atoms with Gasteiger partial charge in [-0.15, -0.1) is 47.0 Å². The van der Waals surface area contributed by atoms with Gasteiger partial charge in [0, 0.05) is 56.2 Å². The Morgan fingerprint density at radius 2 is 1.31 bits per heavy atom. The van der Waals surface area contributed by atoms with Gasteiger partial charge in [-0.05, 0) is 25.0 Å². The Kier molecular flexibility index (Phi) is 13.4. The van der Waals surface area contributed by atoms with Gasteiger partial charge in [-0.25, -0.2) is 9.59 Å². The molecule has 4 unspecified atom stereocenters. The summed E-state index contributed by atoms with van der Waals surface area (Å²) >= 11 is 11.8. The number of hydrogen-bond donors (Lipinski definition) is 0. The molecule has 198 valence electrons. The summed E-state index contributed by atoms with van der Waals surface area (Å²) in [6.07, 6.45) is 0. The maximum absolute atomic E-state index is 11.6. The van der Waals surface area contributed by atoms with E-state index < -0.39 is 0 Å². The van der Waals surface area contributed by atoms with E-state index in [-0.39, 0.29) is 11.9 Å². The van der Waals surface area contributed by atoms with E-state index in [4.69, 9.17) is 9.47 Å². The molecule has 2 aliphatic heterocycles. The standard InChI is InChI=1S/C26H34O4S6/c1-17(2)25(27)29-9-21-13-33-23(35-21)15-31-11-19-6-5-7-20(8-19)12-32-16-24-34-14-22(36-24)10-30-26(28)18(3)4/h5-8,21-24H,1,3,9-16H2,2,4H3. The van der Waals surface area contributed by atoms with Gasteiger partial charge in [0.15, 0.2) is 0 Å². The number of ether oxygens (including phenoxy) is 2. The highest BCUT2D eigenvalue weighted by atomic mass is 32.2. The number of carbonyl (C=O) groups excluding carboxylic acids is 2. The smallest absolute Gasteiger partial charge is 0.333 e. The number of rotatable bonds is 14. The molecule has 0 N–H and O–H groups in total. The van der Waals surface area contributed by atoms with Crippen LogP contribution in [-0.2, 0) is 30.6 Å². The predicted octanol–water partition coefficient (Wildman–Crippen LogP) is 6.74. The molecule has 0 saturated carbocycles. The molecule has 2 saturated heterocycles. The van der Waals surface area contributed by atoms with Gasteiger partial charge in [-0.2, -0.15) is 23.5 Å². The first-order valence-corrected chi connectivity index (χ1v) is 18.0. The van der Waals surface area contributed by atoms with Crippen molar-refractivity contribution in [2.75, 3.05) is 36.2 Å². The maximum Gasteiger partial charge on any atom is 0.333 e. The molecule has 1 aromatic carbocycles. The summed E-state index contributed by atoms with van der Waals surface area (Å²) in [7, 11) is 0. The minimum Gasteiger partial charge on any atom is -0.461 e. The maximum atomic E-state index is 11.6. The molecule has 0 aliphatic carbocycles. The zero-order valence-electron chi connectivity index (χ0n) is 20.8. The van der Waals surface area contributed by atoms with Gasteiger partial charge in [0.2, 0.25) is 0 Å². The summed E-state index contributed by atoms with van der Waals surface area (Å²) in [5.41, 5.74) is 3.67. The summed E-state index contributed by atoms with van der Waals surface area (Å²) in [6.45, 7) is 11.6. The molecule has 0 bridgehead atoms. The van der Waals surface area contributed by atoms with Gasteiger partial charge < -0.3 is 9.47 Å². The van der Waals surface area contributed by atoms with Crippen molar-refractivity contribution in [1.29, 1.82) is 0 Å². The second-order valence-electron chi connectivity index (χ2n) is 8.65. The average molecular weight is 603 g/mol. The fourth-order valence-corrected chi connectivity index (χ4v) is 12.7. The van der Waals surface area contributed by atoms with Crippen LogP contribution in [0.4, 0.5) is 0 Å². The van der Waals surface area contributed by atoms with Gasteiger partial charge in [0.25, 0.3) is 0 Å². The van der Waals surface area contributed by atoms with Crippen LogP contribution < -0.4 is 0 Å². The van der Waals surface area contributed by atoms with Crippen molar-refractivity contribution in [2.45, 2.75) is 45.0 Å². The third-order valence-electron chi connectivity index (χ3n) is 5.16. The summed E-state index contributed by atoms with van der Waals surface area (Å²) in [5.74, 6) is 5.71. The Morgan fingerprint density at radius 3 is 1.72 bits per heavy atom. The van der Waals surface area contributed by atoms with E-state index in [1.807, 2.05) is 70.6 Å². The van der Waals surface area contributed by atoms with E-state index in [9.17, 15) is 9.59 Å². The lowest BCUT2D eigenvalue weighted by atomic mass is 10.2. The van der Waals surface area contributed by atoms with Crippen LogP contribution in [0.1, 0.15) is 25.0 Å². The lowest BCUT2D eigenvalue weighted by Gasteiger charge is -2.12. The van der Waals surface area contributed by atoms with E-state index in [0.29, 0.717) is 44.0 Å². The second kappa shape index (κ2) is 16.0. The summed E-state index contributed by atoms with van der Waals surface area (Å²) in [5, 5.41) is 0.754. The Morgan fingerprint density at radius 1 is 0.861 bits per heavy atom. The molecule has 0 radical (unpaired) electrons. The van der Waals surface area contributed by atoms with E-state index in [2.05, 4.69) is 37.4 Å². The molecule has 4 nitrogen and oxygen atoms in total. The monoisotopic (exact) mass is 602 g/mol. The highest BCUT2D eigenvalue weighted by Gasteiger charge is 2.28. The molecule has 4 atom stereocenters. The van der Waals surface area contributed by atoms with Crippen LogP contribution in [0.25, 0.3) is 0 Å². The zero-order valence-corrected chi connectivity index (χ0v) is 25.7. The molecule has 2 heterocycles. The lowest BCUT2D eigenvalue weighted by molar-refractivity contribution is -0.139. The topological polar surface area (TPSA) is 52.6 Å². The molecule has 2 fully saturated rings. The number of esters is 2. The van der Waals surface area contributed by atoms with Crippen molar-refractivity contribution < 1.29 is 19.1 Å². The Labute approximate surface area is 241 Å². The third-order valence-corrected chi connectivity index (χ3v) is 14.7. The van der Waals surface area contributed by atoms with Crippen LogP contribution in [0.5, 0.6) is 0 Å². The number of benzene rings is 1. The lowest BCUT2D eigenvalue weighted by Crippen LogP contribution is -2.16. The molecule has 2 aliphatic rings. The minimum atomic E-state index is -0.289. The van der Waals surface area contributed by atoms with Crippen LogP contribution in [-0.4, -0.2) is 67.8 Å². The molecular formula is C26H34O4S6. The fraction of sp³-hybridized carbons (Fsp3) is 0.538. The molecule has 3 rings (SSSR count). The highest BCUT2D eigenvalue weighted by molar-refractivity contribution is 8.22. The van der Waals surface area contributed by atoms with Gasteiger partial charge >= 0.3 is 11.9 Å². The molecule has 0 amide bonds. The molecular weight excluding hydrogens is 569 g/mol. The van der Waals surface area contributed by atoms with Gasteiger partial charge in [-0.3, -0.25) is 0 Å². The van der Waals surface area contributed by atoms with E-state index in [1.165, 1.54) is 11.1 Å². The van der Waals surface area contributed by atoms with E-state index >= 15 is 0 Å². The SMILES string of the molecule is C=C(C)C(=O)OCC1CSC(CSCc2cccc(CSCC3SCC(COC(=O)C(=C)C)S3)c2)S1. The van der Waals surface area contributed by atoms with Crippen LogP contribution in [0.15, 0.2) is 48.6 Å². The molecule has 36 heavy (non-hydrogen) atoms. The van der Waals surface area contributed by atoms with Crippen LogP contribution >= 0.6 is 70.6 Å². The van der Waals surface area contributed by atoms with Crippen LogP contribution in [0, 0.1) is 0 Å². The number of carbonyl (C=O) groups is 2. The fourth-order valence-electron chi connectivity index (χ4n) is 3.30. The van der Waals surface area contributed by atoms with Crippen molar-refractivity contribution in [3.05, 3.63) is 59.7 Å². The first kappa shape index (κ1) is 30.3. The zero-order chi connectivity index (χ0) is 25.9. The van der Waals surface area contributed by atoms with E-state index in [1.54, 1.807) is 13.8 Å². The molecule has 0 aromatic heterocycles. The number of hydrogen-bond acceptors (Lipinski definition) is 10. The van der Waals surface area contributed by atoms with Gasteiger partial charge in [0.1, 0.15) is 13.2 Å². The van der Waals surface area contributed by atoms with Crippen molar-refractivity contribution in [1.82, 2.24) is 0 Å². The van der Waals surface area contributed by atoms with E-state index in [0.717, 1.165) is 34.5 Å². The Hall–Kier alpha value is -0.260. The molecule has 1 aromatic rings. The summed E-state index contributed by atoms with van der Waals surface area (Å²) < 4.78 is 11.7. The van der Waals surface area contributed by atoms with Crippen LogP contribution in [0.3, 0.4) is 0 Å². The Bertz CT molecular complexity index is 854. The molecule has 10 heteroatoms. The van der Waals surface area contributed by atoms with Crippen LogP contribution in [0.2, 0.25) is 0 Å². The summed E-state index contributed by atoms with van der Waals surface area (Å²) in [6, 6.07) is 8.94. The molecule has 0 spiro atoms.